The Bertz CT molecular complexity index is 751. The molecule has 0 amide bonds. The first-order valence-electron chi connectivity index (χ1n) is 8.62. The molecule has 2 aromatic rings. The second kappa shape index (κ2) is 6.95. The summed E-state index contributed by atoms with van der Waals surface area (Å²) in [5.74, 6) is -1.11. The molecule has 0 bridgehead atoms. The van der Waals surface area contributed by atoms with Crippen LogP contribution >= 0.6 is 0 Å². The van der Waals surface area contributed by atoms with E-state index in [1.54, 1.807) is 6.92 Å². The number of ether oxygens (including phenoxy) is 1. The highest BCUT2D eigenvalue weighted by Crippen LogP contribution is 2.31. The monoisotopic (exact) mass is 330 g/mol. The first-order valence-corrected chi connectivity index (χ1v) is 8.62. The van der Waals surface area contributed by atoms with Crippen LogP contribution in [-0.2, 0) is 36.1 Å². The third kappa shape index (κ3) is 3.32. The lowest BCUT2D eigenvalue weighted by Crippen LogP contribution is -2.21. The molecule has 1 unspecified atom stereocenters. The van der Waals surface area contributed by atoms with Gasteiger partial charge in [0.25, 0.3) is 0 Å². The van der Waals surface area contributed by atoms with Crippen LogP contribution in [0.2, 0.25) is 0 Å². The van der Waals surface area contributed by atoms with Crippen molar-refractivity contribution in [3.8, 4) is 0 Å². The average molecular weight is 330 g/mol. The van der Waals surface area contributed by atoms with Gasteiger partial charge in [-0.1, -0.05) is 6.92 Å². The van der Waals surface area contributed by atoms with E-state index in [9.17, 15) is 9.90 Å². The van der Waals surface area contributed by atoms with Crippen molar-refractivity contribution in [3.05, 3.63) is 35.0 Å². The number of fused-ring (bicyclic) bond motifs is 2. The van der Waals surface area contributed by atoms with Gasteiger partial charge in [0.15, 0.2) is 0 Å². The molecule has 0 radical (unpaired) electrons. The van der Waals surface area contributed by atoms with Crippen molar-refractivity contribution in [2.45, 2.75) is 33.4 Å². The largest absolute Gasteiger partial charge is 0.481 e. The second-order valence-electron chi connectivity index (χ2n) is 6.75. The summed E-state index contributed by atoms with van der Waals surface area (Å²) in [6, 6.07) is 4.52. The number of rotatable bonds is 7. The van der Waals surface area contributed by atoms with E-state index in [4.69, 9.17) is 4.74 Å². The third-order valence-corrected chi connectivity index (χ3v) is 4.88. The summed E-state index contributed by atoms with van der Waals surface area (Å²) in [7, 11) is 2.03. The van der Waals surface area contributed by atoms with E-state index >= 15 is 0 Å². The lowest BCUT2D eigenvalue weighted by Gasteiger charge is -2.13. The number of aromatic nitrogens is 1. The maximum Gasteiger partial charge on any atom is 0.306 e. The van der Waals surface area contributed by atoms with E-state index < -0.39 is 5.97 Å². The van der Waals surface area contributed by atoms with Crippen molar-refractivity contribution < 1.29 is 14.6 Å². The first kappa shape index (κ1) is 17.0. The summed E-state index contributed by atoms with van der Waals surface area (Å²) in [5.41, 5.74) is 5.04. The smallest absolute Gasteiger partial charge is 0.306 e. The number of aryl methyl sites for hydroxylation is 1. The molecule has 2 heterocycles. The Hall–Kier alpha value is -1.85. The van der Waals surface area contributed by atoms with Crippen LogP contribution in [0.15, 0.2) is 18.3 Å². The van der Waals surface area contributed by atoms with Gasteiger partial charge < -0.3 is 14.4 Å². The van der Waals surface area contributed by atoms with Crippen molar-refractivity contribution in [1.29, 1.82) is 0 Å². The number of carbonyl (C=O) groups is 1. The van der Waals surface area contributed by atoms with Gasteiger partial charge in [0, 0.05) is 50.4 Å². The van der Waals surface area contributed by atoms with Gasteiger partial charge in [0.05, 0.1) is 12.5 Å². The van der Waals surface area contributed by atoms with E-state index in [1.807, 2.05) is 14.0 Å². The molecule has 5 nitrogen and oxygen atoms in total. The molecule has 1 N–H and O–H groups in total. The van der Waals surface area contributed by atoms with Crippen molar-refractivity contribution in [1.82, 2.24) is 9.47 Å². The SMILES string of the molecule is CCOCCN1Cc2cc3c(CC(C)C(=O)O)cn(C)c3cc2C1. The maximum absolute atomic E-state index is 11.2. The Labute approximate surface area is 142 Å². The summed E-state index contributed by atoms with van der Waals surface area (Å²) in [5, 5.41) is 10.4. The Morgan fingerprint density at radius 1 is 1.33 bits per heavy atom. The Morgan fingerprint density at radius 2 is 2.04 bits per heavy atom. The van der Waals surface area contributed by atoms with Crippen LogP contribution in [0.5, 0.6) is 0 Å². The number of hydrogen-bond donors (Lipinski definition) is 1. The van der Waals surface area contributed by atoms with E-state index in [-0.39, 0.29) is 5.92 Å². The quantitative estimate of drug-likeness (QED) is 0.793. The number of carboxylic acids is 1. The molecule has 24 heavy (non-hydrogen) atoms. The summed E-state index contributed by atoms with van der Waals surface area (Å²) in [4.78, 5) is 13.6. The molecule has 1 atom stereocenters. The normalized spacial score (nSPS) is 15.8. The average Bonchev–Trinajstić information content (AvgIpc) is 3.06. The Balaban J connectivity index is 1.84. The van der Waals surface area contributed by atoms with Gasteiger partial charge in [-0.05, 0) is 42.2 Å². The molecular formula is C19H26N2O3. The molecule has 130 valence electrons. The molecule has 0 spiro atoms. The molecule has 1 aromatic heterocycles. The van der Waals surface area contributed by atoms with E-state index in [1.165, 1.54) is 22.0 Å². The number of nitrogens with zero attached hydrogens (tertiary/aromatic N) is 2. The molecule has 1 aromatic carbocycles. The zero-order chi connectivity index (χ0) is 17.3. The van der Waals surface area contributed by atoms with Gasteiger partial charge in [-0.15, -0.1) is 0 Å². The van der Waals surface area contributed by atoms with E-state index in [0.717, 1.165) is 38.4 Å². The van der Waals surface area contributed by atoms with Gasteiger partial charge in [0.2, 0.25) is 0 Å². The fourth-order valence-electron chi connectivity index (χ4n) is 3.51. The van der Waals surface area contributed by atoms with Crippen LogP contribution in [0.1, 0.15) is 30.5 Å². The van der Waals surface area contributed by atoms with Crippen molar-refractivity contribution in [2.75, 3.05) is 19.8 Å². The number of carboxylic acid groups (broad SMARTS) is 1. The van der Waals surface area contributed by atoms with Crippen molar-refractivity contribution in [2.24, 2.45) is 13.0 Å². The highest BCUT2D eigenvalue weighted by atomic mass is 16.5. The van der Waals surface area contributed by atoms with Crippen LogP contribution < -0.4 is 0 Å². The molecule has 0 aliphatic carbocycles. The molecular weight excluding hydrogens is 304 g/mol. The molecule has 1 aliphatic heterocycles. The fourth-order valence-corrected chi connectivity index (χ4v) is 3.51. The molecule has 0 fully saturated rings. The van der Waals surface area contributed by atoms with Gasteiger partial charge in [-0.2, -0.15) is 0 Å². The second-order valence-corrected chi connectivity index (χ2v) is 6.75. The zero-order valence-corrected chi connectivity index (χ0v) is 14.7. The predicted octanol–water partition coefficient (Wildman–Crippen LogP) is 2.79. The van der Waals surface area contributed by atoms with Crippen molar-refractivity contribution in [3.63, 3.8) is 0 Å². The van der Waals surface area contributed by atoms with Crippen LogP contribution in [0.3, 0.4) is 0 Å². The highest BCUT2D eigenvalue weighted by Gasteiger charge is 2.22. The lowest BCUT2D eigenvalue weighted by atomic mass is 9.99. The van der Waals surface area contributed by atoms with Gasteiger partial charge >= 0.3 is 5.97 Å². The third-order valence-electron chi connectivity index (χ3n) is 4.88. The maximum atomic E-state index is 11.2. The number of hydrogen-bond acceptors (Lipinski definition) is 3. The number of aliphatic carboxylic acids is 1. The summed E-state index contributed by atoms with van der Waals surface area (Å²) in [6.45, 7) is 8.17. The van der Waals surface area contributed by atoms with E-state index in [0.29, 0.717) is 6.42 Å². The topological polar surface area (TPSA) is 54.7 Å². The van der Waals surface area contributed by atoms with Crippen LogP contribution in [0, 0.1) is 5.92 Å². The highest BCUT2D eigenvalue weighted by molar-refractivity contribution is 5.86. The van der Waals surface area contributed by atoms with Crippen LogP contribution in [-0.4, -0.2) is 40.3 Å². The lowest BCUT2D eigenvalue weighted by molar-refractivity contribution is -0.141. The number of benzene rings is 1. The fraction of sp³-hybridized carbons (Fsp3) is 0.526. The first-order chi connectivity index (χ1) is 11.5. The van der Waals surface area contributed by atoms with Gasteiger partial charge in [-0.3, -0.25) is 9.69 Å². The summed E-state index contributed by atoms with van der Waals surface area (Å²) in [6.07, 6.45) is 2.64. The minimum Gasteiger partial charge on any atom is -0.481 e. The van der Waals surface area contributed by atoms with Crippen LogP contribution in [0.4, 0.5) is 0 Å². The molecule has 0 saturated carbocycles. The Morgan fingerprint density at radius 3 is 2.71 bits per heavy atom. The van der Waals surface area contributed by atoms with E-state index in [2.05, 4.69) is 27.8 Å². The summed E-state index contributed by atoms with van der Waals surface area (Å²) >= 11 is 0. The van der Waals surface area contributed by atoms with Crippen LogP contribution in [0.25, 0.3) is 10.9 Å². The predicted molar refractivity (Wildman–Crippen MR) is 94.0 cm³/mol. The Kier molecular flexibility index (Phi) is 4.92. The summed E-state index contributed by atoms with van der Waals surface area (Å²) < 4.78 is 7.57. The minimum atomic E-state index is -0.740. The minimum absolute atomic E-state index is 0.369. The zero-order valence-electron chi connectivity index (χ0n) is 14.7. The van der Waals surface area contributed by atoms with Crippen molar-refractivity contribution >= 4 is 16.9 Å². The molecule has 5 heteroatoms. The standard InChI is InChI=1S/C19H26N2O3/c1-4-24-6-5-21-11-14-8-17-16(7-13(2)19(22)23)10-20(3)18(17)9-15(14)12-21/h8-10,13H,4-7,11-12H2,1-3H3,(H,22,23). The van der Waals surface area contributed by atoms with Gasteiger partial charge in [-0.25, -0.2) is 0 Å². The van der Waals surface area contributed by atoms with Gasteiger partial charge in [0.1, 0.15) is 0 Å². The molecule has 0 saturated heterocycles. The molecule has 1 aliphatic rings. The molecule has 3 rings (SSSR count).